The van der Waals surface area contributed by atoms with Crippen molar-refractivity contribution in [2.45, 2.75) is 47.6 Å². The highest BCUT2D eigenvalue weighted by Crippen LogP contribution is 2.38. The number of nitrogens with two attached hydrogens (primary N) is 9. The Bertz CT molecular complexity index is 1950. The topological polar surface area (TPSA) is 381 Å². The molecule has 0 aliphatic carbocycles. The molecule has 3 aromatic rings. The summed E-state index contributed by atoms with van der Waals surface area (Å²) in [5, 5.41) is 11.5. The third-order valence-electron chi connectivity index (χ3n) is 8.45. The Kier molecular flexibility index (Phi) is 22.1. The normalized spacial score (nSPS) is 11.9. The molecule has 3 aromatic carbocycles. The van der Waals surface area contributed by atoms with Crippen LogP contribution in [0.1, 0.15) is 46.4 Å². The Labute approximate surface area is 363 Å². The van der Waals surface area contributed by atoms with Gasteiger partial charge in [-0.1, -0.05) is 12.1 Å². The number of hydrogen-bond donors (Lipinski definition) is 13. The summed E-state index contributed by atoms with van der Waals surface area (Å²) in [6.45, 7) is 1.63. The number of thioether (sulfide) groups is 2. The first-order valence-electron chi connectivity index (χ1n) is 19.6. The molecule has 0 saturated heterocycles. The minimum atomic E-state index is -0.868. The first kappa shape index (κ1) is 50.2. The molecule has 0 spiro atoms. The molecule has 0 heterocycles. The molecule has 0 aliphatic heterocycles. The van der Waals surface area contributed by atoms with Gasteiger partial charge in [-0.05, 0) is 62.6 Å². The second kappa shape index (κ2) is 26.9. The average Bonchev–Trinajstić information content (AvgIpc) is 3.24. The molecule has 4 amide bonds. The number of aliphatic imine (C=N–C) groups is 1. The van der Waals surface area contributed by atoms with E-state index < -0.39 is 35.7 Å². The van der Waals surface area contributed by atoms with Crippen LogP contribution in [-0.4, -0.2) is 106 Å². The van der Waals surface area contributed by atoms with Crippen molar-refractivity contribution in [3.63, 3.8) is 0 Å². The zero-order chi connectivity index (χ0) is 44.7. The molecule has 61 heavy (non-hydrogen) atoms. The molecule has 2 atom stereocenters. The zero-order valence-electron chi connectivity index (χ0n) is 34.1. The summed E-state index contributed by atoms with van der Waals surface area (Å²) in [5.74, 6) is -1.16. The SMILES string of the molecule is NCCCC(N)C(=O)Nc1cccc(NC(=O)c2cc(C(=O)Nc3cccc(NC(=O)[C@H](N)CCCN=C(N)N)c3SCCN)c(OCCN)cc2OCCN)c1SCCN. The van der Waals surface area contributed by atoms with E-state index in [0.29, 0.717) is 95.9 Å². The van der Waals surface area contributed by atoms with Gasteiger partial charge in [-0.15, -0.1) is 23.5 Å². The minimum absolute atomic E-state index is 0.0284. The van der Waals surface area contributed by atoms with Gasteiger partial charge in [-0.2, -0.15) is 0 Å². The van der Waals surface area contributed by atoms with Crippen molar-refractivity contribution in [3.05, 3.63) is 59.7 Å². The summed E-state index contributed by atoms with van der Waals surface area (Å²) in [7, 11) is 0. The maximum Gasteiger partial charge on any atom is 0.259 e. The number of rotatable bonds is 27. The number of carbonyl (C=O) groups excluding carboxylic acids is 4. The minimum Gasteiger partial charge on any atom is -0.491 e. The third kappa shape index (κ3) is 16.0. The summed E-state index contributed by atoms with van der Waals surface area (Å²) in [6, 6.07) is 11.1. The fraction of sp³-hybridized carbons (Fsp3) is 0.410. The van der Waals surface area contributed by atoms with Crippen molar-refractivity contribution < 1.29 is 28.7 Å². The quantitative estimate of drug-likeness (QED) is 0.0212. The molecule has 0 radical (unpaired) electrons. The maximum atomic E-state index is 14.3. The number of ether oxygens (including phenoxy) is 2. The van der Waals surface area contributed by atoms with Gasteiger partial charge >= 0.3 is 0 Å². The number of nitrogens with one attached hydrogen (secondary N) is 4. The number of benzene rings is 3. The Balaban J connectivity index is 2.04. The van der Waals surface area contributed by atoms with Crippen LogP contribution in [0.25, 0.3) is 0 Å². The van der Waals surface area contributed by atoms with E-state index in [1.807, 2.05) is 0 Å². The molecule has 0 aromatic heterocycles. The molecule has 0 fully saturated rings. The predicted molar refractivity (Wildman–Crippen MR) is 245 cm³/mol. The summed E-state index contributed by atoms with van der Waals surface area (Å²) in [5.41, 5.74) is 53.3. The van der Waals surface area contributed by atoms with Crippen LogP contribution in [0.5, 0.6) is 11.5 Å². The standard InChI is InChI=1S/C39H60N14O6S2/c40-11-3-5-25(45)37(56)52-29-9-1-7-27(33(29)60-19-14-43)50-35(54)23-21-24(32(59-18-13-42)22-31(23)58-17-12-41)36(55)51-28-8-2-10-30(34(28)61-20-15-44)53-38(57)26(46)6-4-16-49-39(47)48/h1-2,7-10,21-22,25-26H,3-6,11-20,40-46H2,(H,50,54)(H,51,55)(H,52,56)(H,53,57)(H4,47,48,49)/t25?,26-/m1/s1. The van der Waals surface area contributed by atoms with Crippen LogP contribution in [0.4, 0.5) is 22.7 Å². The monoisotopic (exact) mass is 884 g/mol. The van der Waals surface area contributed by atoms with Gasteiger partial charge in [0.25, 0.3) is 11.8 Å². The van der Waals surface area contributed by atoms with E-state index in [1.165, 1.54) is 35.7 Å². The van der Waals surface area contributed by atoms with E-state index in [1.54, 1.807) is 36.4 Å². The fourth-order valence-corrected chi connectivity index (χ4v) is 7.29. The van der Waals surface area contributed by atoms with E-state index in [4.69, 9.17) is 61.1 Å². The van der Waals surface area contributed by atoms with E-state index in [9.17, 15) is 19.2 Å². The number of nitrogens with zero attached hydrogens (tertiary/aromatic N) is 1. The molecular weight excluding hydrogens is 825 g/mol. The van der Waals surface area contributed by atoms with Crippen LogP contribution in [0, 0.1) is 0 Å². The van der Waals surface area contributed by atoms with E-state index in [2.05, 4.69) is 26.3 Å². The zero-order valence-corrected chi connectivity index (χ0v) is 35.7. The van der Waals surface area contributed by atoms with Gasteiger partial charge in [-0.3, -0.25) is 24.2 Å². The van der Waals surface area contributed by atoms with E-state index in [0.717, 1.165) is 0 Å². The van der Waals surface area contributed by atoms with Crippen LogP contribution < -0.4 is 82.3 Å². The molecule has 1 unspecified atom stereocenters. The molecule has 3 rings (SSSR count). The Morgan fingerprint density at radius 2 is 1.02 bits per heavy atom. The van der Waals surface area contributed by atoms with Crippen molar-refractivity contribution in [3.8, 4) is 11.5 Å². The highest BCUT2D eigenvalue weighted by molar-refractivity contribution is 7.99. The molecule has 0 bridgehead atoms. The smallest absolute Gasteiger partial charge is 0.259 e. The summed E-state index contributed by atoms with van der Waals surface area (Å²) >= 11 is 2.64. The lowest BCUT2D eigenvalue weighted by Gasteiger charge is -2.20. The summed E-state index contributed by atoms with van der Waals surface area (Å²) in [6.07, 6.45) is 1.76. The molecule has 334 valence electrons. The summed E-state index contributed by atoms with van der Waals surface area (Å²) < 4.78 is 11.8. The highest BCUT2D eigenvalue weighted by atomic mass is 32.2. The second-order valence-corrected chi connectivity index (χ2v) is 15.4. The van der Waals surface area contributed by atoms with Gasteiger partial charge in [0.15, 0.2) is 5.96 Å². The van der Waals surface area contributed by atoms with Crippen LogP contribution in [0.3, 0.4) is 0 Å². The second-order valence-electron chi connectivity index (χ2n) is 13.2. The van der Waals surface area contributed by atoms with Gasteiger partial charge in [0.1, 0.15) is 24.7 Å². The van der Waals surface area contributed by atoms with Gasteiger partial charge in [-0.25, -0.2) is 0 Å². The molecule has 20 nitrogen and oxygen atoms in total. The Morgan fingerprint density at radius 1 is 0.590 bits per heavy atom. The lowest BCUT2D eigenvalue weighted by molar-refractivity contribution is -0.118. The Hall–Kier alpha value is -5.17. The van der Waals surface area contributed by atoms with Crippen LogP contribution in [0.15, 0.2) is 63.3 Å². The van der Waals surface area contributed by atoms with Gasteiger partial charge in [0.2, 0.25) is 11.8 Å². The van der Waals surface area contributed by atoms with Crippen molar-refractivity contribution in [1.29, 1.82) is 0 Å². The van der Waals surface area contributed by atoms with Crippen molar-refractivity contribution in [1.82, 2.24) is 0 Å². The van der Waals surface area contributed by atoms with Crippen LogP contribution >= 0.6 is 23.5 Å². The number of carbonyl (C=O) groups is 4. The summed E-state index contributed by atoms with van der Waals surface area (Å²) in [4.78, 5) is 59.7. The van der Waals surface area contributed by atoms with E-state index >= 15 is 0 Å². The largest absolute Gasteiger partial charge is 0.491 e. The Morgan fingerprint density at radius 3 is 1.41 bits per heavy atom. The van der Waals surface area contributed by atoms with Crippen molar-refractivity contribution in [2.24, 2.45) is 56.6 Å². The third-order valence-corrected chi connectivity index (χ3v) is 10.8. The number of amides is 4. The van der Waals surface area contributed by atoms with Gasteiger partial charge in [0.05, 0.1) is 55.8 Å². The first-order valence-corrected chi connectivity index (χ1v) is 21.6. The molecule has 22 N–H and O–H groups in total. The average molecular weight is 885 g/mol. The van der Waals surface area contributed by atoms with Crippen molar-refractivity contribution >= 4 is 75.9 Å². The number of hydrogen-bond acceptors (Lipinski definition) is 16. The van der Waals surface area contributed by atoms with Gasteiger partial charge < -0.3 is 82.3 Å². The lowest BCUT2D eigenvalue weighted by Crippen LogP contribution is -2.36. The first-order chi connectivity index (χ1) is 29.4. The van der Waals surface area contributed by atoms with Crippen LogP contribution in [-0.2, 0) is 9.59 Å². The number of guanidine groups is 1. The van der Waals surface area contributed by atoms with Crippen LogP contribution in [0.2, 0.25) is 0 Å². The molecule has 22 heteroatoms. The molecule has 0 saturated carbocycles. The molecular formula is C39H60N14O6S2. The van der Waals surface area contributed by atoms with Crippen molar-refractivity contribution in [2.75, 3.05) is 85.3 Å². The molecule has 0 aliphatic rings. The lowest BCUT2D eigenvalue weighted by atomic mass is 10.1. The van der Waals surface area contributed by atoms with Gasteiger partial charge in [0, 0.05) is 50.3 Å². The predicted octanol–water partition coefficient (Wildman–Crippen LogP) is 0.292. The van der Waals surface area contributed by atoms with E-state index in [-0.39, 0.29) is 54.9 Å². The maximum absolute atomic E-state index is 14.3. The highest BCUT2D eigenvalue weighted by Gasteiger charge is 2.25. The number of anilines is 4. The fourth-order valence-electron chi connectivity index (χ4n) is 5.54.